The molecule has 1 aliphatic rings. The molecule has 0 aliphatic carbocycles. The summed E-state index contributed by atoms with van der Waals surface area (Å²) in [6.45, 7) is 1.63. The second-order valence-electron chi connectivity index (χ2n) is 4.47. The molecule has 90 valence electrons. The minimum Gasteiger partial charge on any atom is -0.342 e. The van der Waals surface area contributed by atoms with Crippen LogP contribution in [0.4, 0.5) is 0 Å². The number of hydrogen-bond donors (Lipinski definition) is 0. The van der Waals surface area contributed by atoms with Gasteiger partial charge in [0.25, 0.3) is 0 Å². The molecule has 2 rings (SSSR count). The molecule has 1 amide bonds. The normalized spacial score (nSPS) is 14.9. The summed E-state index contributed by atoms with van der Waals surface area (Å²) in [7, 11) is 0. The Hall–Kier alpha value is -1.64. The highest BCUT2D eigenvalue weighted by molar-refractivity contribution is 5.98. The third kappa shape index (κ3) is 3.41. The van der Waals surface area contributed by atoms with Crippen LogP contribution in [0.15, 0.2) is 30.3 Å². The number of ketones is 1. The molecular formula is C14H17NO2. The molecule has 1 aliphatic heterocycles. The van der Waals surface area contributed by atoms with Crippen molar-refractivity contribution in [1.82, 2.24) is 4.90 Å². The molecule has 0 radical (unpaired) electrons. The number of Topliss-reactive ketones (excluding diaryl/α,β-unsaturated/α-hetero) is 1. The number of likely N-dealkylation sites (tertiary alicyclic amines) is 1. The lowest BCUT2D eigenvalue weighted by Gasteiger charge is -2.14. The molecule has 0 unspecified atom stereocenters. The number of benzene rings is 1. The Bertz CT molecular complexity index is 394. The third-order valence-corrected chi connectivity index (χ3v) is 3.05. The van der Waals surface area contributed by atoms with Crippen molar-refractivity contribution in [3.8, 4) is 0 Å². The van der Waals surface area contributed by atoms with Gasteiger partial charge in [0.15, 0.2) is 0 Å². The molecule has 17 heavy (non-hydrogen) atoms. The Morgan fingerprint density at radius 1 is 1.06 bits per heavy atom. The van der Waals surface area contributed by atoms with E-state index in [4.69, 9.17) is 0 Å². The summed E-state index contributed by atoms with van der Waals surface area (Å²) in [6.07, 6.45) is 2.55. The molecule has 3 heteroatoms. The Balaban J connectivity index is 1.83. The van der Waals surface area contributed by atoms with Crippen LogP contribution in [-0.2, 0) is 16.0 Å². The summed E-state index contributed by atoms with van der Waals surface area (Å²) in [6, 6.07) is 9.57. The molecule has 1 fully saturated rings. The highest BCUT2D eigenvalue weighted by Gasteiger charge is 2.20. The van der Waals surface area contributed by atoms with Gasteiger partial charge in [-0.1, -0.05) is 30.3 Å². The van der Waals surface area contributed by atoms with E-state index in [0.717, 1.165) is 31.5 Å². The van der Waals surface area contributed by atoms with E-state index in [9.17, 15) is 9.59 Å². The van der Waals surface area contributed by atoms with Gasteiger partial charge in [-0.25, -0.2) is 0 Å². The summed E-state index contributed by atoms with van der Waals surface area (Å²) in [5, 5.41) is 0. The van der Waals surface area contributed by atoms with Gasteiger partial charge in [-0.2, -0.15) is 0 Å². The second kappa shape index (κ2) is 5.62. The van der Waals surface area contributed by atoms with Crippen molar-refractivity contribution in [1.29, 1.82) is 0 Å². The molecule has 1 aromatic rings. The van der Waals surface area contributed by atoms with Gasteiger partial charge in [0.05, 0.1) is 6.42 Å². The fraction of sp³-hybridized carbons (Fsp3) is 0.429. The quantitative estimate of drug-likeness (QED) is 0.741. The largest absolute Gasteiger partial charge is 0.342 e. The maximum atomic E-state index is 11.8. The Morgan fingerprint density at radius 2 is 1.71 bits per heavy atom. The van der Waals surface area contributed by atoms with Gasteiger partial charge in [-0.3, -0.25) is 9.59 Å². The first-order valence-electron chi connectivity index (χ1n) is 6.09. The topological polar surface area (TPSA) is 37.4 Å². The van der Waals surface area contributed by atoms with E-state index in [0.29, 0.717) is 6.42 Å². The van der Waals surface area contributed by atoms with Gasteiger partial charge >= 0.3 is 0 Å². The van der Waals surface area contributed by atoms with E-state index in [1.54, 1.807) is 4.90 Å². The number of carbonyl (C=O) groups is 2. The van der Waals surface area contributed by atoms with Crippen molar-refractivity contribution in [2.75, 3.05) is 13.1 Å². The van der Waals surface area contributed by atoms with Crippen molar-refractivity contribution < 1.29 is 9.59 Å². The lowest BCUT2D eigenvalue weighted by molar-refractivity contribution is -0.134. The highest BCUT2D eigenvalue weighted by atomic mass is 16.2. The first-order valence-corrected chi connectivity index (χ1v) is 6.09. The first-order chi connectivity index (χ1) is 8.25. The van der Waals surface area contributed by atoms with E-state index in [2.05, 4.69) is 0 Å². The van der Waals surface area contributed by atoms with E-state index in [1.165, 1.54) is 0 Å². The van der Waals surface area contributed by atoms with Gasteiger partial charge in [0.2, 0.25) is 5.91 Å². The molecule has 3 nitrogen and oxygen atoms in total. The van der Waals surface area contributed by atoms with E-state index in [-0.39, 0.29) is 18.1 Å². The van der Waals surface area contributed by atoms with Crippen LogP contribution in [0.2, 0.25) is 0 Å². The van der Waals surface area contributed by atoms with Gasteiger partial charge < -0.3 is 4.90 Å². The van der Waals surface area contributed by atoms with Crippen molar-refractivity contribution >= 4 is 11.7 Å². The van der Waals surface area contributed by atoms with Crippen LogP contribution < -0.4 is 0 Å². The Labute approximate surface area is 101 Å². The summed E-state index contributed by atoms with van der Waals surface area (Å²) in [5.74, 6) is -0.00321. The van der Waals surface area contributed by atoms with Gasteiger partial charge in [0, 0.05) is 19.5 Å². The molecule has 0 bridgehead atoms. The standard InChI is InChI=1S/C14H17NO2/c16-13(10-12-6-2-1-3-7-12)11-14(17)15-8-4-5-9-15/h1-3,6-7H,4-5,8-11H2. The highest BCUT2D eigenvalue weighted by Crippen LogP contribution is 2.10. The molecule has 0 N–H and O–H groups in total. The average molecular weight is 231 g/mol. The summed E-state index contributed by atoms with van der Waals surface area (Å²) in [5.41, 5.74) is 0.978. The number of carbonyl (C=O) groups excluding carboxylic acids is 2. The zero-order valence-corrected chi connectivity index (χ0v) is 9.89. The van der Waals surface area contributed by atoms with Crippen molar-refractivity contribution in [3.05, 3.63) is 35.9 Å². The molecule has 0 atom stereocenters. The Morgan fingerprint density at radius 3 is 2.35 bits per heavy atom. The summed E-state index contributed by atoms with van der Waals surface area (Å²) < 4.78 is 0. The van der Waals surface area contributed by atoms with Crippen molar-refractivity contribution in [2.45, 2.75) is 25.7 Å². The molecule has 0 spiro atoms. The van der Waals surface area contributed by atoms with Crippen LogP contribution in [0, 0.1) is 0 Å². The van der Waals surface area contributed by atoms with Gasteiger partial charge in [-0.15, -0.1) is 0 Å². The molecule has 0 aromatic heterocycles. The fourth-order valence-corrected chi connectivity index (χ4v) is 2.13. The van der Waals surface area contributed by atoms with Gasteiger partial charge in [0.1, 0.15) is 5.78 Å². The smallest absolute Gasteiger partial charge is 0.230 e. The monoisotopic (exact) mass is 231 g/mol. The molecular weight excluding hydrogens is 214 g/mol. The van der Waals surface area contributed by atoms with Crippen LogP contribution in [0.25, 0.3) is 0 Å². The van der Waals surface area contributed by atoms with Crippen LogP contribution >= 0.6 is 0 Å². The van der Waals surface area contributed by atoms with Crippen LogP contribution in [0.3, 0.4) is 0 Å². The van der Waals surface area contributed by atoms with Crippen LogP contribution in [0.5, 0.6) is 0 Å². The summed E-state index contributed by atoms with van der Waals surface area (Å²) in [4.78, 5) is 25.3. The average Bonchev–Trinajstić information content (AvgIpc) is 2.83. The lowest BCUT2D eigenvalue weighted by Crippen LogP contribution is -2.29. The maximum Gasteiger partial charge on any atom is 0.230 e. The van der Waals surface area contributed by atoms with E-state index >= 15 is 0 Å². The minimum absolute atomic E-state index is 0.00750. The molecule has 1 saturated heterocycles. The number of nitrogens with zero attached hydrogens (tertiary/aromatic N) is 1. The molecule has 1 heterocycles. The fourth-order valence-electron chi connectivity index (χ4n) is 2.13. The second-order valence-corrected chi connectivity index (χ2v) is 4.47. The lowest BCUT2D eigenvalue weighted by atomic mass is 10.1. The molecule has 0 saturated carbocycles. The predicted octanol–water partition coefficient (Wildman–Crippen LogP) is 1.81. The van der Waals surface area contributed by atoms with E-state index < -0.39 is 0 Å². The minimum atomic E-state index is -0.0107. The zero-order chi connectivity index (χ0) is 12.1. The number of hydrogen-bond acceptors (Lipinski definition) is 2. The molecule has 1 aromatic carbocycles. The number of amides is 1. The van der Waals surface area contributed by atoms with Crippen LogP contribution in [0.1, 0.15) is 24.8 Å². The third-order valence-electron chi connectivity index (χ3n) is 3.05. The van der Waals surface area contributed by atoms with Crippen LogP contribution in [-0.4, -0.2) is 29.7 Å². The maximum absolute atomic E-state index is 11.8. The SMILES string of the molecule is O=C(CC(=O)N1CCCC1)Cc1ccccc1. The predicted molar refractivity (Wildman–Crippen MR) is 65.6 cm³/mol. The first kappa shape index (κ1) is 11.8. The zero-order valence-electron chi connectivity index (χ0n) is 9.89. The Kier molecular flexibility index (Phi) is 3.91. The van der Waals surface area contributed by atoms with Gasteiger partial charge in [-0.05, 0) is 18.4 Å². The van der Waals surface area contributed by atoms with Crippen molar-refractivity contribution in [3.63, 3.8) is 0 Å². The van der Waals surface area contributed by atoms with E-state index in [1.807, 2.05) is 30.3 Å². The number of rotatable bonds is 4. The van der Waals surface area contributed by atoms with Crippen molar-refractivity contribution in [2.24, 2.45) is 0 Å². The summed E-state index contributed by atoms with van der Waals surface area (Å²) >= 11 is 0.